The number of fused-ring (bicyclic) bond motifs is 1. The molecule has 0 aliphatic rings. The van der Waals surface area contributed by atoms with Gasteiger partial charge in [-0.05, 0) is 34.5 Å². The molecule has 2 aromatic heterocycles. The number of hydrogen-bond donors (Lipinski definition) is 1. The minimum Gasteiger partial charge on any atom is -0.309 e. The molecule has 0 saturated carbocycles. The molecule has 0 amide bonds. The van der Waals surface area contributed by atoms with Gasteiger partial charge in [0, 0.05) is 42.2 Å². The number of hydrogen-bond acceptors (Lipinski definition) is 4. The average molecular weight is 283 g/mol. The number of nitrogens with zero attached hydrogens (tertiary/aromatic N) is 2. The van der Waals surface area contributed by atoms with Crippen molar-refractivity contribution < 1.29 is 0 Å². The Kier molecular flexibility index (Phi) is 4.04. The fraction of sp³-hybridized carbons (Fsp3) is 0.250. The Bertz CT molecular complexity index is 688. The second-order valence-electron chi connectivity index (χ2n) is 4.76. The van der Waals surface area contributed by atoms with Crippen LogP contribution in [0.1, 0.15) is 23.9 Å². The maximum absolute atomic E-state index is 4.31. The van der Waals surface area contributed by atoms with Crippen molar-refractivity contribution in [3.8, 4) is 0 Å². The van der Waals surface area contributed by atoms with Crippen LogP contribution in [0, 0.1) is 0 Å². The summed E-state index contributed by atoms with van der Waals surface area (Å²) in [6.45, 7) is 3.72. The van der Waals surface area contributed by atoms with E-state index in [-0.39, 0.29) is 0 Å². The second-order valence-corrected chi connectivity index (χ2v) is 5.71. The van der Waals surface area contributed by atoms with E-state index >= 15 is 0 Å². The first kappa shape index (κ1) is 13.2. The zero-order chi connectivity index (χ0) is 13.8. The molecule has 0 saturated heterocycles. The van der Waals surface area contributed by atoms with Gasteiger partial charge in [0.2, 0.25) is 0 Å². The molecule has 0 atom stereocenters. The van der Waals surface area contributed by atoms with Gasteiger partial charge in [0.1, 0.15) is 5.82 Å². The molecule has 0 spiro atoms. The smallest absolute Gasteiger partial charge is 0.127 e. The summed E-state index contributed by atoms with van der Waals surface area (Å²) >= 11 is 1.78. The molecule has 0 radical (unpaired) electrons. The van der Waals surface area contributed by atoms with Crippen LogP contribution in [0.5, 0.6) is 0 Å². The highest BCUT2D eigenvalue weighted by Crippen LogP contribution is 2.21. The van der Waals surface area contributed by atoms with Crippen molar-refractivity contribution in [2.45, 2.75) is 26.4 Å². The van der Waals surface area contributed by atoms with Crippen molar-refractivity contribution in [1.82, 2.24) is 15.3 Å². The van der Waals surface area contributed by atoms with E-state index in [0.29, 0.717) is 0 Å². The maximum Gasteiger partial charge on any atom is 0.127 e. The minimum atomic E-state index is 0.797. The largest absolute Gasteiger partial charge is 0.309 e. The van der Waals surface area contributed by atoms with Gasteiger partial charge >= 0.3 is 0 Å². The Morgan fingerprint density at radius 3 is 2.65 bits per heavy atom. The van der Waals surface area contributed by atoms with Gasteiger partial charge in [-0.3, -0.25) is 0 Å². The molecule has 102 valence electrons. The van der Waals surface area contributed by atoms with Crippen LogP contribution in [0.2, 0.25) is 0 Å². The Balaban J connectivity index is 1.58. The minimum absolute atomic E-state index is 0.797. The van der Waals surface area contributed by atoms with Crippen molar-refractivity contribution in [3.05, 3.63) is 59.0 Å². The van der Waals surface area contributed by atoms with Gasteiger partial charge in [-0.25, -0.2) is 9.97 Å². The van der Waals surface area contributed by atoms with Gasteiger partial charge in [0.15, 0.2) is 0 Å². The molecule has 1 N–H and O–H groups in total. The van der Waals surface area contributed by atoms with Crippen molar-refractivity contribution >= 4 is 21.4 Å². The predicted octanol–water partition coefficient (Wildman–Crippen LogP) is 3.54. The van der Waals surface area contributed by atoms with Crippen LogP contribution in [0.25, 0.3) is 10.1 Å². The molecule has 3 nitrogen and oxygen atoms in total. The first-order valence-electron chi connectivity index (χ1n) is 6.82. The van der Waals surface area contributed by atoms with E-state index in [0.717, 1.165) is 30.9 Å². The molecule has 0 unspecified atom stereocenters. The van der Waals surface area contributed by atoms with E-state index in [9.17, 15) is 0 Å². The van der Waals surface area contributed by atoms with Gasteiger partial charge in [-0.1, -0.05) is 13.0 Å². The van der Waals surface area contributed by atoms with Crippen molar-refractivity contribution in [2.24, 2.45) is 0 Å². The van der Waals surface area contributed by atoms with Gasteiger partial charge in [0.25, 0.3) is 0 Å². The van der Waals surface area contributed by atoms with Crippen LogP contribution in [0.4, 0.5) is 0 Å². The van der Waals surface area contributed by atoms with E-state index in [4.69, 9.17) is 0 Å². The summed E-state index contributed by atoms with van der Waals surface area (Å²) in [4.78, 5) is 8.61. The highest BCUT2D eigenvalue weighted by atomic mass is 32.1. The molecule has 0 aliphatic carbocycles. The molecule has 0 bridgehead atoms. The standard InChI is InChI=1S/C16H17N3S/c1-2-16-18-10-13(11-19-16)9-17-8-12-3-4-15-14(7-12)5-6-20-15/h3-7,10-11,17H,2,8-9H2,1H3. The maximum atomic E-state index is 4.31. The Morgan fingerprint density at radius 2 is 1.85 bits per heavy atom. The third-order valence-corrected chi connectivity index (χ3v) is 4.15. The number of benzene rings is 1. The highest BCUT2D eigenvalue weighted by Gasteiger charge is 1.99. The van der Waals surface area contributed by atoms with E-state index in [1.807, 2.05) is 12.4 Å². The normalized spacial score (nSPS) is 11.1. The lowest BCUT2D eigenvalue weighted by Crippen LogP contribution is -2.13. The zero-order valence-electron chi connectivity index (χ0n) is 11.5. The Morgan fingerprint density at radius 1 is 1.05 bits per heavy atom. The molecule has 2 heterocycles. The van der Waals surface area contributed by atoms with Crippen LogP contribution in [-0.2, 0) is 19.5 Å². The summed E-state index contributed by atoms with van der Waals surface area (Å²) in [6, 6.07) is 8.79. The van der Waals surface area contributed by atoms with E-state index < -0.39 is 0 Å². The number of thiophene rings is 1. The van der Waals surface area contributed by atoms with Crippen molar-refractivity contribution in [3.63, 3.8) is 0 Å². The highest BCUT2D eigenvalue weighted by molar-refractivity contribution is 7.17. The second kappa shape index (κ2) is 6.11. The topological polar surface area (TPSA) is 37.8 Å². The third kappa shape index (κ3) is 3.03. The Hall–Kier alpha value is -1.78. The predicted molar refractivity (Wildman–Crippen MR) is 83.8 cm³/mol. The Labute approximate surface area is 122 Å². The van der Waals surface area contributed by atoms with E-state index in [2.05, 4.69) is 51.9 Å². The van der Waals surface area contributed by atoms with E-state index in [1.165, 1.54) is 15.6 Å². The number of rotatable bonds is 5. The summed E-state index contributed by atoms with van der Waals surface area (Å²) < 4.78 is 1.34. The first-order valence-corrected chi connectivity index (χ1v) is 7.70. The van der Waals surface area contributed by atoms with Crippen LogP contribution in [0.15, 0.2) is 42.0 Å². The number of aryl methyl sites for hydroxylation is 1. The zero-order valence-corrected chi connectivity index (χ0v) is 12.3. The summed E-state index contributed by atoms with van der Waals surface area (Å²) in [5.74, 6) is 0.900. The summed E-state index contributed by atoms with van der Waals surface area (Å²) in [6.07, 6.45) is 4.69. The first-order chi connectivity index (χ1) is 9.85. The lowest BCUT2D eigenvalue weighted by Gasteiger charge is -2.05. The monoisotopic (exact) mass is 283 g/mol. The quantitative estimate of drug-likeness (QED) is 0.778. The van der Waals surface area contributed by atoms with Gasteiger partial charge < -0.3 is 5.32 Å². The van der Waals surface area contributed by atoms with Gasteiger partial charge in [0.05, 0.1) is 0 Å². The average Bonchev–Trinajstić information content (AvgIpc) is 2.95. The van der Waals surface area contributed by atoms with Gasteiger partial charge in [-0.2, -0.15) is 0 Å². The molecule has 0 aliphatic heterocycles. The van der Waals surface area contributed by atoms with Crippen molar-refractivity contribution in [1.29, 1.82) is 0 Å². The fourth-order valence-electron chi connectivity index (χ4n) is 2.13. The van der Waals surface area contributed by atoms with Crippen molar-refractivity contribution in [2.75, 3.05) is 0 Å². The van der Waals surface area contributed by atoms with Crippen LogP contribution < -0.4 is 5.32 Å². The summed E-state index contributed by atoms with van der Waals surface area (Å²) in [5.41, 5.74) is 2.43. The lowest BCUT2D eigenvalue weighted by atomic mass is 10.1. The van der Waals surface area contributed by atoms with Crippen LogP contribution >= 0.6 is 11.3 Å². The van der Waals surface area contributed by atoms with Crippen LogP contribution in [-0.4, -0.2) is 9.97 Å². The third-order valence-electron chi connectivity index (χ3n) is 3.25. The summed E-state index contributed by atoms with van der Waals surface area (Å²) in [7, 11) is 0. The fourth-order valence-corrected chi connectivity index (χ4v) is 2.90. The van der Waals surface area contributed by atoms with E-state index in [1.54, 1.807) is 11.3 Å². The number of nitrogens with one attached hydrogen (secondary N) is 1. The molecule has 3 rings (SSSR count). The molecular weight excluding hydrogens is 266 g/mol. The number of aromatic nitrogens is 2. The molecule has 0 fully saturated rings. The SMILES string of the molecule is CCc1ncc(CNCc2ccc3sccc3c2)cn1. The lowest BCUT2D eigenvalue weighted by molar-refractivity contribution is 0.687. The molecular formula is C16H17N3S. The van der Waals surface area contributed by atoms with Gasteiger partial charge in [-0.15, -0.1) is 11.3 Å². The molecule has 1 aromatic carbocycles. The summed E-state index contributed by atoms with van der Waals surface area (Å²) in [5, 5.41) is 6.89. The molecule has 4 heteroatoms. The molecule has 20 heavy (non-hydrogen) atoms. The molecule has 3 aromatic rings. The van der Waals surface area contributed by atoms with Crippen LogP contribution in [0.3, 0.4) is 0 Å².